The van der Waals surface area contributed by atoms with Crippen LogP contribution < -0.4 is 21.3 Å². The highest BCUT2D eigenvalue weighted by atomic mass is 16.5. The summed E-state index contributed by atoms with van der Waals surface area (Å²) in [5.74, 6) is -0.493. The van der Waals surface area contributed by atoms with Gasteiger partial charge in [-0.1, -0.05) is 30.9 Å². The lowest BCUT2D eigenvalue weighted by atomic mass is 9.81. The third-order valence-corrected chi connectivity index (χ3v) is 4.99. The number of carbonyl (C=O) groups excluding carboxylic acids is 1. The van der Waals surface area contributed by atoms with Gasteiger partial charge in [0.1, 0.15) is 18.2 Å². The molecule has 8 nitrogen and oxygen atoms in total. The summed E-state index contributed by atoms with van der Waals surface area (Å²) < 4.78 is 13.2. The highest BCUT2D eigenvalue weighted by Crippen LogP contribution is 2.42. The molecule has 1 atom stereocenters. The number of esters is 1. The van der Waals surface area contributed by atoms with Crippen molar-refractivity contribution in [3.8, 4) is 5.75 Å². The van der Waals surface area contributed by atoms with Crippen molar-refractivity contribution in [2.45, 2.75) is 12.8 Å². The quantitative estimate of drug-likeness (QED) is 0.609. The summed E-state index contributed by atoms with van der Waals surface area (Å²) in [7, 11) is 4.50. The van der Waals surface area contributed by atoms with Gasteiger partial charge in [0.15, 0.2) is 0 Å². The van der Waals surface area contributed by atoms with Crippen molar-refractivity contribution in [2.75, 3.05) is 19.0 Å². The lowest BCUT2D eigenvalue weighted by molar-refractivity contribution is -0.138. The zero-order chi connectivity index (χ0) is 21.3. The van der Waals surface area contributed by atoms with Gasteiger partial charge in [0.2, 0.25) is 0 Å². The summed E-state index contributed by atoms with van der Waals surface area (Å²) in [5, 5.41) is 3.04. The second kappa shape index (κ2) is 7.83. The average molecular weight is 397 g/mol. The third kappa shape index (κ3) is 3.26. The number of anilines is 1. The number of para-hydroxylation sites is 1. The maximum Gasteiger partial charge on any atom is 0.337 e. The Balaban J connectivity index is 2.38. The molecule has 29 heavy (non-hydrogen) atoms. The molecule has 0 saturated carbocycles. The predicted octanol–water partition coefficient (Wildman–Crippen LogP) is 1.65. The number of hydrogen-bond acceptors (Lipinski definition) is 6. The topological polar surface area (TPSA) is 91.6 Å². The predicted molar refractivity (Wildman–Crippen MR) is 109 cm³/mol. The van der Waals surface area contributed by atoms with Crippen LogP contribution in [0.4, 0.5) is 5.82 Å². The van der Waals surface area contributed by atoms with Crippen molar-refractivity contribution in [2.24, 2.45) is 14.1 Å². The molecule has 0 spiro atoms. The standard InChI is InChI=1S/C21H23N3O5/c1-6-11-29-20(26)15-12(2)22-18-17(19(25)24(4)21(27)23(18)3)16(15)13-9-7-8-10-14(13)28-5/h6-10,16,22H,1,11H2,2-5H3. The highest BCUT2D eigenvalue weighted by molar-refractivity contribution is 5.94. The van der Waals surface area contributed by atoms with Gasteiger partial charge in [0.25, 0.3) is 5.56 Å². The Kier molecular flexibility index (Phi) is 5.45. The monoisotopic (exact) mass is 397 g/mol. The number of benzene rings is 1. The van der Waals surface area contributed by atoms with Crippen LogP contribution in [0, 0.1) is 0 Å². The van der Waals surface area contributed by atoms with Crippen LogP contribution in [0.25, 0.3) is 0 Å². The molecule has 1 aliphatic rings. The van der Waals surface area contributed by atoms with Crippen LogP contribution in [0.15, 0.2) is 57.8 Å². The number of ether oxygens (including phenoxy) is 2. The summed E-state index contributed by atoms with van der Waals surface area (Å²) in [6, 6.07) is 7.15. The Morgan fingerprint density at radius 1 is 1.24 bits per heavy atom. The van der Waals surface area contributed by atoms with Crippen molar-refractivity contribution < 1.29 is 14.3 Å². The average Bonchev–Trinajstić information content (AvgIpc) is 2.73. The minimum atomic E-state index is -0.773. The first-order chi connectivity index (χ1) is 13.8. The Hall–Kier alpha value is -3.55. The normalized spacial score (nSPS) is 15.4. The molecule has 0 radical (unpaired) electrons. The van der Waals surface area contributed by atoms with Crippen LogP contribution in [-0.2, 0) is 23.6 Å². The fourth-order valence-corrected chi connectivity index (χ4v) is 3.59. The number of methoxy groups -OCH3 is 1. The maximum atomic E-state index is 13.1. The van der Waals surface area contributed by atoms with Crippen molar-refractivity contribution in [1.29, 1.82) is 0 Å². The Morgan fingerprint density at radius 3 is 2.59 bits per heavy atom. The SMILES string of the molecule is C=CCOC(=O)C1=C(C)Nc2c(c(=O)n(C)c(=O)n2C)C1c1ccccc1OC. The first-order valence-electron chi connectivity index (χ1n) is 9.02. The summed E-state index contributed by atoms with van der Waals surface area (Å²) >= 11 is 0. The van der Waals surface area contributed by atoms with Gasteiger partial charge in [-0.25, -0.2) is 9.59 Å². The molecule has 0 bridgehead atoms. The van der Waals surface area contributed by atoms with E-state index in [-0.39, 0.29) is 17.7 Å². The zero-order valence-electron chi connectivity index (χ0n) is 16.8. The number of allylic oxidation sites excluding steroid dienone is 1. The molecule has 2 heterocycles. The Labute approximate surface area is 167 Å². The fourth-order valence-electron chi connectivity index (χ4n) is 3.59. The zero-order valence-corrected chi connectivity index (χ0v) is 16.8. The molecule has 152 valence electrons. The minimum Gasteiger partial charge on any atom is -0.496 e. The third-order valence-electron chi connectivity index (χ3n) is 4.99. The summed E-state index contributed by atoms with van der Waals surface area (Å²) in [6.07, 6.45) is 1.47. The number of carbonyl (C=O) groups is 1. The van der Waals surface area contributed by atoms with E-state index >= 15 is 0 Å². The van der Waals surface area contributed by atoms with E-state index in [1.165, 1.54) is 24.8 Å². The molecule has 8 heteroatoms. The van der Waals surface area contributed by atoms with Crippen LogP contribution >= 0.6 is 0 Å². The summed E-state index contributed by atoms with van der Waals surface area (Å²) in [5.41, 5.74) is 0.706. The smallest absolute Gasteiger partial charge is 0.337 e. The van der Waals surface area contributed by atoms with E-state index in [0.29, 0.717) is 22.8 Å². The lowest BCUT2D eigenvalue weighted by Gasteiger charge is -2.31. The Morgan fingerprint density at radius 2 is 1.93 bits per heavy atom. The Bertz CT molecular complexity index is 1140. The first kappa shape index (κ1) is 20.2. The molecule has 1 aromatic heterocycles. The highest BCUT2D eigenvalue weighted by Gasteiger charge is 2.38. The molecule has 0 amide bonds. The second-order valence-electron chi connectivity index (χ2n) is 6.69. The molecule has 1 unspecified atom stereocenters. The number of nitrogens with one attached hydrogen (secondary N) is 1. The molecule has 1 aliphatic heterocycles. The lowest BCUT2D eigenvalue weighted by Crippen LogP contribution is -2.43. The van der Waals surface area contributed by atoms with Crippen LogP contribution in [0.1, 0.15) is 24.0 Å². The number of nitrogens with zero attached hydrogens (tertiary/aromatic N) is 2. The van der Waals surface area contributed by atoms with Gasteiger partial charge < -0.3 is 14.8 Å². The molecule has 1 aromatic carbocycles. The second-order valence-corrected chi connectivity index (χ2v) is 6.69. The van der Waals surface area contributed by atoms with Gasteiger partial charge in [-0.3, -0.25) is 13.9 Å². The van der Waals surface area contributed by atoms with Crippen LogP contribution in [0.2, 0.25) is 0 Å². The van der Waals surface area contributed by atoms with E-state index in [4.69, 9.17) is 9.47 Å². The van der Waals surface area contributed by atoms with Gasteiger partial charge in [0, 0.05) is 25.4 Å². The number of rotatable bonds is 5. The molecular weight excluding hydrogens is 374 g/mol. The van der Waals surface area contributed by atoms with E-state index < -0.39 is 23.1 Å². The minimum absolute atomic E-state index is 0.0341. The van der Waals surface area contributed by atoms with Crippen LogP contribution in [0.3, 0.4) is 0 Å². The first-order valence-corrected chi connectivity index (χ1v) is 9.02. The van der Waals surface area contributed by atoms with Gasteiger partial charge in [0.05, 0.1) is 24.2 Å². The van der Waals surface area contributed by atoms with Crippen LogP contribution in [-0.4, -0.2) is 28.8 Å². The van der Waals surface area contributed by atoms with E-state index in [0.717, 1.165) is 4.57 Å². The van der Waals surface area contributed by atoms with Crippen molar-refractivity contribution >= 4 is 11.8 Å². The van der Waals surface area contributed by atoms with Gasteiger partial charge >= 0.3 is 11.7 Å². The van der Waals surface area contributed by atoms with E-state index in [1.54, 1.807) is 38.2 Å². The van der Waals surface area contributed by atoms with E-state index in [1.807, 2.05) is 0 Å². The molecule has 1 N–H and O–H groups in total. The number of hydrogen-bond donors (Lipinski definition) is 1. The maximum absolute atomic E-state index is 13.1. The van der Waals surface area contributed by atoms with Crippen LogP contribution in [0.5, 0.6) is 5.75 Å². The molecule has 0 fully saturated rings. The molecular formula is C21H23N3O5. The van der Waals surface area contributed by atoms with E-state index in [9.17, 15) is 14.4 Å². The van der Waals surface area contributed by atoms with Gasteiger partial charge in [-0.2, -0.15) is 0 Å². The summed E-state index contributed by atoms with van der Waals surface area (Å²) in [6.45, 7) is 5.30. The molecule has 3 rings (SSSR count). The molecule has 0 saturated heterocycles. The number of aromatic nitrogens is 2. The van der Waals surface area contributed by atoms with Gasteiger partial charge in [-0.15, -0.1) is 0 Å². The van der Waals surface area contributed by atoms with Crippen molar-refractivity contribution in [3.63, 3.8) is 0 Å². The van der Waals surface area contributed by atoms with Gasteiger partial charge in [-0.05, 0) is 13.0 Å². The molecule has 0 aliphatic carbocycles. The van der Waals surface area contributed by atoms with E-state index in [2.05, 4.69) is 11.9 Å². The number of fused-ring (bicyclic) bond motifs is 1. The largest absolute Gasteiger partial charge is 0.496 e. The fraction of sp³-hybridized carbons (Fsp3) is 0.286. The molecule has 2 aromatic rings. The van der Waals surface area contributed by atoms with Crippen molar-refractivity contribution in [1.82, 2.24) is 9.13 Å². The van der Waals surface area contributed by atoms with Crippen molar-refractivity contribution in [3.05, 3.63) is 80.2 Å². The summed E-state index contributed by atoms with van der Waals surface area (Å²) in [4.78, 5) is 38.5.